The van der Waals surface area contributed by atoms with Crippen LogP contribution in [0.5, 0.6) is 0 Å². The molecule has 29 heavy (non-hydrogen) atoms. The molecule has 1 amide bonds. The highest BCUT2D eigenvalue weighted by Gasteiger charge is 2.32. The maximum Gasteiger partial charge on any atom is 0.414 e. The normalized spacial score (nSPS) is 16.4. The molecule has 3 rings (SSSR count). The van der Waals surface area contributed by atoms with Crippen molar-refractivity contribution in [1.82, 2.24) is 4.90 Å². The summed E-state index contributed by atoms with van der Waals surface area (Å²) in [7, 11) is 3.99. The van der Waals surface area contributed by atoms with Crippen LogP contribution in [0.25, 0.3) is 0 Å². The lowest BCUT2D eigenvalue weighted by Crippen LogP contribution is -2.37. The van der Waals surface area contributed by atoms with Crippen LogP contribution in [0.15, 0.2) is 36.4 Å². The molecule has 2 N–H and O–H groups in total. The van der Waals surface area contributed by atoms with Gasteiger partial charge in [-0.2, -0.15) is 0 Å². The largest absolute Gasteiger partial charge is 0.444 e. The molecule has 9 heteroatoms. The number of cyclic esters (lactones) is 1. The first-order valence-electron chi connectivity index (χ1n) is 9.37. The van der Waals surface area contributed by atoms with Gasteiger partial charge in [0.15, 0.2) is 5.78 Å². The standard InChI is InChI=1S/C20H25ClN4O3S/c1-23(2)11-12-25(22)15-5-3-14(4-6-15)24-13-16(28-20(24)27)7-8-17(26)18-9-10-19(21)29-18/h3-6,9-10,16H,7-8,11-13,22H2,1-2H3/t16-/m0/s1. The maximum atomic E-state index is 12.3. The van der Waals surface area contributed by atoms with E-state index in [1.807, 2.05) is 38.4 Å². The van der Waals surface area contributed by atoms with E-state index in [4.69, 9.17) is 22.2 Å². The fraction of sp³-hybridized carbons (Fsp3) is 0.400. The topological polar surface area (TPSA) is 79.1 Å². The lowest BCUT2D eigenvalue weighted by molar-refractivity contribution is 0.0943. The minimum atomic E-state index is -0.397. The second-order valence-corrected chi connectivity index (χ2v) is 8.91. The van der Waals surface area contributed by atoms with Crippen LogP contribution in [-0.2, 0) is 4.74 Å². The summed E-state index contributed by atoms with van der Waals surface area (Å²) in [6, 6.07) is 10.9. The molecular formula is C20H25ClN4O3S. The number of hydrogen-bond acceptors (Lipinski definition) is 7. The van der Waals surface area contributed by atoms with E-state index < -0.39 is 6.09 Å². The summed E-state index contributed by atoms with van der Waals surface area (Å²) in [5.41, 5.74) is 1.62. The van der Waals surface area contributed by atoms with Crippen LogP contribution in [0, 0.1) is 0 Å². The number of hydrazine groups is 1. The van der Waals surface area contributed by atoms with Gasteiger partial charge in [-0.1, -0.05) is 11.6 Å². The highest BCUT2D eigenvalue weighted by Crippen LogP contribution is 2.27. The minimum Gasteiger partial charge on any atom is -0.444 e. The number of ketones is 1. The van der Waals surface area contributed by atoms with E-state index in [0.717, 1.165) is 17.9 Å². The second kappa shape index (κ2) is 9.58. The van der Waals surface area contributed by atoms with Crippen molar-refractivity contribution in [2.24, 2.45) is 5.84 Å². The summed E-state index contributed by atoms with van der Waals surface area (Å²) >= 11 is 7.14. The van der Waals surface area contributed by atoms with E-state index in [-0.39, 0.29) is 11.9 Å². The number of ether oxygens (including phenoxy) is 1. The Labute approximate surface area is 179 Å². The van der Waals surface area contributed by atoms with E-state index in [1.165, 1.54) is 11.3 Å². The lowest BCUT2D eigenvalue weighted by Gasteiger charge is -2.22. The number of carbonyl (C=O) groups excluding carboxylic acids is 2. The molecular weight excluding hydrogens is 412 g/mol. The molecule has 156 valence electrons. The number of Topliss-reactive ketones (excluding diaryl/α,β-unsaturated/α-hetero) is 1. The van der Waals surface area contributed by atoms with Crippen molar-refractivity contribution in [3.8, 4) is 0 Å². The van der Waals surface area contributed by atoms with Crippen molar-refractivity contribution in [1.29, 1.82) is 0 Å². The number of halogens is 1. The van der Waals surface area contributed by atoms with Crippen LogP contribution in [0.1, 0.15) is 22.5 Å². The number of rotatable bonds is 9. The first kappa shape index (κ1) is 21.6. The van der Waals surface area contributed by atoms with Crippen LogP contribution in [-0.4, -0.2) is 56.6 Å². The summed E-state index contributed by atoms with van der Waals surface area (Å²) in [5, 5.41) is 1.68. The molecule has 2 aromatic rings. The zero-order chi connectivity index (χ0) is 21.0. The Hall–Kier alpha value is -2.13. The number of amides is 1. The molecule has 1 saturated heterocycles. The average Bonchev–Trinajstić information content (AvgIpc) is 3.30. The summed E-state index contributed by atoms with van der Waals surface area (Å²) in [5.74, 6) is 6.09. The van der Waals surface area contributed by atoms with Gasteiger partial charge >= 0.3 is 6.09 Å². The third-order valence-electron chi connectivity index (χ3n) is 4.70. The molecule has 1 aliphatic rings. The summed E-state index contributed by atoms with van der Waals surface area (Å²) in [4.78, 5) is 28.8. The molecule has 0 radical (unpaired) electrons. The molecule has 0 aliphatic carbocycles. The van der Waals surface area contributed by atoms with Gasteiger partial charge in [0.2, 0.25) is 0 Å². The molecule has 0 bridgehead atoms. The lowest BCUT2D eigenvalue weighted by atomic mass is 10.1. The van der Waals surface area contributed by atoms with Gasteiger partial charge < -0.3 is 14.6 Å². The predicted molar refractivity (Wildman–Crippen MR) is 117 cm³/mol. The number of benzene rings is 1. The van der Waals surface area contributed by atoms with Gasteiger partial charge in [-0.05, 0) is 56.9 Å². The summed E-state index contributed by atoms with van der Waals surface area (Å²) in [6.45, 7) is 1.96. The fourth-order valence-corrected chi connectivity index (χ4v) is 4.03. The molecule has 0 saturated carbocycles. The van der Waals surface area contributed by atoms with Crippen molar-refractivity contribution in [2.75, 3.05) is 43.6 Å². The number of nitrogens with two attached hydrogens (primary N) is 1. The highest BCUT2D eigenvalue weighted by molar-refractivity contribution is 7.18. The summed E-state index contributed by atoms with van der Waals surface area (Å²) < 4.78 is 6.02. The molecule has 0 unspecified atom stereocenters. The quantitative estimate of drug-likeness (QED) is 0.367. The molecule has 7 nitrogen and oxygen atoms in total. The predicted octanol–water partition coefficient (Wildman–Crippen LogP) is 3.63. The van der Waals surface area contributed by atoms with E-state index >= 15 is 0 Å². The van der Waals surface area contributed by atoms with E-state index in [2.05, 4.69) is 4.90 Å². The zero-order valence-corrected chi connectivity index (χ0v) is 18.1. The van der Waals surface area contributed by atoms with Gasteiger partial charge in [-0.15, -0.1) is 11.3 Å². The number of thiophene rings is 1. The Bertz CT molecular complexity index is 856. The Morgan fingerprint density at radius 3 is 2.59 bits per heavy atom. The number of carbonyl (C=O) groups is 2. The SMILES string of the molecule is CN(C)CCN(N)c1ccc(N2C[C@H](CCC(=O)c3ccc(Cl)s3)OC2=O)cc1. The van der Waals surface area contributed by atoms with Gasteiger partial charge in [-0.25, -0.2) is 10.6 Å². The maximum absolute atomic E-state index is 12.3. The Morgan fingerprint density at radius 1 is 1.24 bits per heavy atom. The summed E-state index contributed by atoms with van der Waals surface area (Å²) in [6.07, 6.45) is 0.0880. The van der Waals surface area contributed by atoms with E-state index in [1.54, 1.807) is 22.0 Å². The van der Waals surface area contributed by atoms with E-state index in [9.17, 15) is 9.59 Å². The van der Waals surface area contributed by atoms with Crippen LogP contribution < -0.4 is 15.8 Å². The van der Waals surface area contributed by atoms with Crippen molar-refractivity contribution < 1.29 is 14.3 Å². The number of hydrogen-bond donors (Lipinski definition) is 1. The van der Waals surface area contributed by atoms with Gasteiger partial charge in [0, 0.05) is 25.2 Å². The monoisotopic (exact) mass is 436 g/mol. The highest BCUT2D eigenvalue weighted by atomic mass is 35.5. The van der Waals surface area contributed by atoms with Gasteiger partial charge in [-0.3, -0.25) is 9.69 Å². The van der Waals surface area contributed by atoms with Crippen LogP contribution in [0.4, 0.5) is 16.2 Å². The molecule has 1 aromatic heterocycles. The van der Waals surface area contributed by atoms with Crippen LogP contribution in [0.2, 0.25) is 4.34 Å². The minimum absolute atomic E-state index is 0.0153. The van der Waals surface area contributed by atoms with Crippen molar-refractivity contribution in [3.63, 3.8) is 0 Å². The third-order valence-corrected chi connectivity index (χ3v) is 5.97. The van der Waals surface area contributed by atoms with Crippen molar-refractivity contribution >= 4 is 46.2 Å². The first-order chi connectivity index (χ1) is 13.8. The van der Waals surface area contributed by atoms with Crippen molar-refractivity contribution in [3.05, 3.63) is 45.6 Å². The average molecular weight is 437 g/mol. The Morgan fingerprint density at radius 2 is 1.97 bits per heavy atom. The van der Waals surface area contributed by atoms with Crippen LogP contribution in [0.3, 0.4) is 0 Å². The van der Waals surface area contributed by atoms with Crippen LogP contribution >= 0.6 is 22.9 Å². The molecule has 1 fully saturated rings. The zero-order valence-electron chi connectivity index (χ0n) is 16.5. The van der Waals surface area contributed by atoms with Crippen molar-refractivity contribution in [2.45, 2.75) is 18.9 Å². The third kappa shape index (κ3) is 5.70. The van der Waals surface area contributed by atoms with Gasteiger partial charge in [0.05, 0.1) is 21.4 Å². The van der Waals surface area contributed by atoms with E-state index in [0.29, 0.717) is 35.1 Å². The molecule has 2 heterocycles. The van der Waals surface area contributed by atoms with Gasteiger partial charge in [0.1, 0.15) is 6.10 Å². The fourth-order valence-electron chi connectivity index (χ4n) is 3.02. The smallest absolute Gasteiger partial charge is 0.414 e. The van der Waals surface area contributed by atoms with Gasteiger partial charge in [0.25, 0.3) is 0 Å². The number of nitrogens with zero attached hydrogens (tertiary/aromatic N) is 3. The molecule has 1 aromatic carbocycles. The molecule has 0 spiro atoms. The Kier molecular flexibility index (Phi) is 7.13. The molecule has 1 atom stereocenters. The number of anilines is 2. The number of likely N-dealkylation sites (N-methyl/N-ethyl adjacent to an activating group) is 1. The Balaban J connectivity index is 1.53. The molecule has 1 aliphatic heterocycles. The first-order valence-corrected chi connectivity index (χ1v) is 10.6. The second-order valence-electron chi connectivity index (χ2n) is 7.20.